The third kappa shape index (κ3) is 2.96. The molecule has 1 aliphatic rings. The Morgan fingerprint density at radius 2 is 2.14 bits per heavy atom. The van der Waals surface area contributed by atoms with Crippen molar-refractivity contribution in [2.75, 3.05) is 20.1 Å². The van der Waals surface area contributed by atoms with Crippen LogP contribution < -0.4 is 5.32 Å². The Bertz CT molecular complexity index is 156. The maximum atomic E-state index is 3.43. The fraction of sp³-hybridized carbons (Fsp3) is 1.00. The lowest BCUT2D eigenvalue weighted by atomic mass is 10.0. The molecular formula is C12H26N2. The van der Waals surface area contributed by atoms with Crippen LogP contribution in [0, 0.1) is 5.92 Å². The SMILES string of the molecule is CCC1CCCN1CC(NC)C(C)C. The summed E-state index contributed by atoms with van der Waals surface area (Å²) in [6.45, 7) is 9.46. The molecule has 1 saturated heterocycles. The van der Waals surface area contributed by atoms with E-state index in [1.54, 1.807) is 0 Å². The zero-order valence-corrected chi connectivity index (χ0v) is 10.2. The molecule has 1 fully saturated rings. The molecule has 0 aromatic heterocycles. The van der Waals surface area contributed by atoms with Crippen LogP contribution in [0.25, 0.3) is 0 Å². The topological polar surface area (TPSA) is 15.3 Å². The van der Waals surface area contributed by atoms with Gasteiger partial charge in [-0.1, -0.05) is 20.8 Å². The quantitative estimate of drug-likeness (QED) is 0.728. The van der Waals surface area contributed by atoms with Crippen molar-refractivity contribution in [3.63, 3.8) is 0 Å². The van der Waals surface area contributed by atoms with Gasteiger partial charge in [0.1, 0.15) is 0 Å². The Morgan fingerprint density at radius 3 is 2.64 bits per heavy atom. The first-order chi connectivity index (χ1) is 6.69. The lowest BCUT2D eigenvalue weighted by molar-refractivity contribution is 0.204. The Morgan fingerprint density at radius 1 is 1.43 bits per heavy atom. The highest BCUT2D eigenvalue weighted by atomic mass is 15.2. The summed E-state index contributed by atoms with van der Waals surface area (Å²) < 4.78 is 0. The summed E-state index contributed by atoms with van der Waals surface area (Å²) >= 11 is 0. The van der Waals surface area contributed by atoms with E-state index in [9.17, 15) is 0 Å². The third-order valence-corrected chi connectivity index (χ3v) is 3.58. The van der Waals surface area contributed by atoms with Crippen LogP contribution in [-0.4, -0.2) is 37.1 Å². The predicted molar refractivity (Wildman–Crippen MR) is 62.6 cm³/mol. The Labute approximate surface area is 89.1 Å². The van der Waals surface area contributed by atoms with Crippen LogP contribution in [0.2, 0.25) is 0 Å². The molecule has 0 aromatic rings. The molecular weight excluding hydrogens is 172 g/mol. The van der Waals surface area contributed by atoms with Crippen LogP contribution in [0.15, 0.2) is 0 Å². The highest BCUT2D eigenvalue weighted by Crippen LogP contribution is 2.20. The van der Waals surface area contributed by atoms with Gasteiger partial charge in [0.2, 0.25) is 0 Å². The summed E-state index contributed by atoms with van der Waals surface area (Å²) in [7, 11) is 2.09. The van der Waals surface area contributed by atoms with Crippen LogP contribution in [0.1, 0.15) is 40.0 Å². The van der Waals surface area contributed by atoms with E-state index < -0.39 is 0 Å². The smallest absolute Gasteiger partial charge is 0.0215 e. The second-order valence-electron chi connectivity index (χ2n) is 4.84. The van der Waals surface area contributed by atoms with Crippen molar-refractivity contribution in [3.05, 3.63) is 0 Å². The molecule has 2 unspecified atom stereocenters. The van der Waals surface area contributed by atoms with Gasteiger partial charge in [-0.2, -0.15) is 0 Å². The zero-order valence-electron chi connectivity index (χ0n) is 10.2. The fourth-order valence-corrected chi connectivity index (χ4v) is 2.49. The molecule has 1 aliphatic heterocycles. The van der Waals surface area contributed by atoms with Gasteiger partial charge in [-0.15, -0.1) is 0 Å². The van der Waals surface area contributed by atoms with Gasteiger partial charge in [0, 0.05) is 18.6 Å². The molecule has 0 saturated carbocycles. The fourth-order valence-electron chi connectivity index (χ4n) is 2.49. The Hall–Kier alpha value is -0.0800. The second kappa shape index (κ2) is 5.72. The van der Waals surface area contributed by atoms with Crippen molar-refractivity contribution in [2.24, 2.45) is 5.92 Å². The van der Waals surface area contributed by atoms with Gasteiger partial charge in [0.05, 0.1) is 0 Å². The molecule has 0 radical (unpaired) electrons. The highest BCUT2D eigenvalue weighted by molar-refractivity contribution is 4.82. The van der Waals surface area contributed by atoms with Crippen LogP contribution in [-0.2, 0) is 0 Å². The molecule has 0 aromatic carbocycles. The van der Waals surface area contributed by atoms with Gasteiger partial charge in [-0.05, 0) is 38.8 Å². The number of rotatable bonds is 5. The van der Waals surface area contributed by atoms with E-state index >= 15 is 0 Å². The van der Waals surface area contributed by atoms with Gasteiger partial charge in [0.15, 0.2) is 0 Å². The van der Waals surface area contributed by atoms with Crippen LogP contribution in [0.4, 0.5) is 0 Å². The van der Waals surface area contributed by atoms with Crippen LogP contribution >= 0.6 is 0 Å². The van der Waals surface area contributed by atoms with E-state index in [1.165, 1.54) is 32.4 Å². The minimum Gasteiger partial charge on any atom is -0.315 e. The van der Waals surface area contributed by atoms with Crippen molar-refractivity contribution in [1.29, 1.82) is 0 Å². The predicted octanol–water partition coefficient (Wildman–Crippen LogP) is 2.10. The van der Waals surface area contributed by atoms with Crippen molar-refractivity contribution in [2.45, 2.75) is 52.1 Å². The largest absolute Gasteiger partial charge is 0.315 e. The van der Waals surface area contributed by atoms with Gasteiger partial charge in [-0.3, -0.25) is 4.90 Å². The average molecular weight is 198 g/mol. The molecule has 1 N–H and O–H groups in total. The second-order valence-corrected chi connectivity index (χ2v) is 4.84. The number of nitrogens with one attached hydrogen (secondary N) is 1. The molecule has 0 aliphatic carbocycles. The number of likely N-dealkylation sites (N-methyl/N-ethyl adjacent to an activating group) is 1. The molecule has 0 spiro atoms. The van der Waals surface area contributed by atoms with E-state index in [4.69, 9.17) is 0 Å². The monoisotopic (exact) mass is 198 g/mol. The molecule has 2 heteroatoms. The lowest BCUT2D eigenvalue weighted by Crippen LogP contribution is -2.44. The maximum Gasteiger partial charge on any atom is 0.0215 e. The highest BCUT2D eigenvalue weighted by Gasteiger charge is 2.25. The Balaban J connectivity index is 2.41. The van der Waals surface area contributed by atoms with E-state index in [1.807, 2.05) is 0 Å². The van der Waals surface area contributed by atoms with Crippen LogP contribution in [0.3, 0.4) is 0 Å². The minimum absolute atomic E-state index is 0.655. The first kappa shape index (κ1) is 12.0. The maximum absolute atomic E-state index is 3.43. The van der Waals surface area contributed by atoms with Gasteiger partial charge in [0.25, 0.3) is 0 Å². The summed E-state index contributed by atoms with van der Waals surface area (Å²) in [6, 6.07) is 1.51. The zero-order chi connectivity index (χ0) is 10.6. The van der Waals surface area contributed by atoms with Gasteiger partial charge < -0.3 is 5.32 Å². The summed E-state index contributed by atoms with van der Waals surface area (Å²) in [4.78, 5) is 2.67. The van der Waals surface area contributed by atoms with E-state index in [0.29, 0.717) is 6.04 Å². The number of hydrogen-bond acceptors (Lipinski definition) is 2. The summed E-state index contributed by atoms with van der Waals surface area (Å²) in [5, 5.41) is 3.43. The summed E-state index contributed by atoms with van der Waals surface area (Å²) in [6.07, 6.45) is 4.12. The van der Waals surface area contributed by atoms with Gasteiger partial charge in [-0.25, -0.2) is 0 Å². The van der Waals surface area contributed by atoms with Crippen molar-refractivity contribution in [3.8, 4) is 0 Å². The van der Waals surface area contributed by atoms with Gasteiger partial charge >= 0.3 is 0 Å². The lowest BCUT2D eigenvalue weighted by Gasteiger charge is -2.30. The minimum atomic E-state index is 0.655. The first-order valence-corrected chi connectivity index (χ1v) is 6.10. The molecule has 14 heavy (non-hydrogen) atoms. The average Bonchev–Trinajstić information content (AvgIpc) is 2.60. The number of hydrogen-bond donors (Lipinski definition) is 1. The normalized spacial score (nSPS) is 25.9. The standard InChI is InChI=1S/C12H26N2/c1-5-11-7-6-8-14(11)9-12(13-4)10(2)3/h10-13H,5-9H2,1-4H3. The summed E-state index contributed by atoms with van der Waals surface area (Å²) in [5.74, 6) is 0.734. The summed E-state index contributed by atoms with van der Waals surface area (Å²) in [5.41, 5.74) is 0. The van der Waals surface area contributed by atoms with Crippen molar-refractivity contribution < 1.29 is 0 Å². The molecule has 1 heterocycles. The molecule has 0 bridgehead atoms. The van der Waals surface area contributed by atoms with E-state index in [-0.39, 0.29) is 0 Å². The van der Waals surface area contributed by atoms with Crippen LogP contribution in [0.5, 0.6) is 0 Å². The molecule has 1 rings (SSSR count). The molecule has 84 valence electrons. The molecule has 0 amide bonds. The Kier molecular flexibility index (Phi) is 4.90. The first-order valence-electron chi connectivity index (χ1n) is 6.10. The molecule has 2 nitrogen and oxygen atoms in total. The van der Waals surface area contributed by atoms with E-state index in [0.717, 1.165) is 12.0 Å². The van der Waals surface area contributed by atoms with Crippen molar-refractivity contribution in [1.82, 2.24) is 10.2 Å². The van der Waals surface area contributed by atoms with Crippen molar-refractivity contribution >= 4 is 0 Å². The third-order valence-electron chi connectivity index (χ3n) is 3.58. The number of nitrogens with zero attached hydrogens (tertiary/aromatic N) is 1. The molecule has 2 atom stereocenters. The van der Waals surface area contributed by atoms with E-state index in [2.05, 4.69) is 38.0 Å². The number of likely N-dealkylation sites (tertiary alicyclic amines) is 1.